The molecule has 118 valence electrons. The molecule has 9 heteroatoms. The van der Waals surface area contributed by atoms with Crippen molar-refractivity contribution in [2.45, 2.75) is 38.2 Å². The number of nitrogens with zero attached hydrogens (tertiary/aromatic N) is 1. The van der Waals surface area contributed by atoms with E-state index >= 15 is 0 Å². The quantitative estimate of drug-likeness (QED) is 0.318. The molecule has 0 bridgehead atoms. The molecular weight excluding hydrogens is 307 g/mol. The molecule has 0 unspecified atom stereocenters. The molecule has 2 atom stereocenters. The molecule has 0 aromatic carbocycles. The number of rotatable bonds is 5. The van der Waals surface area contributed by atoms with Gasteiger partial charge in [-0.1, -0.05) is 11.2 Å². The maximum Gasteiger partial charge on any atom is 0.478 e. The highest BCUT2D eigenvalue weighted by atomic mass is 32.1. The lowest BCUT2D eigenvalue weighted by atomic mass is 9.72. The summed E-state index contributed by atoms with van der Waals surface area (Å²) >= 11 is 1.27. The first kappa shape index (κ1) is 16.7. The molecule has 0 radical (unpaired) electrons. The molecule has 1 aliphatic heterocycles. The molecule has 1 saturated heterocycles. The van der Waals surface area contributed by atoms with Crippen molar-refractivity contribution in [2.24, 2.45) is 5.16 Å². The lowest BCUT2D eigenvalue weighted by Gasteiger charge is -2.31. The van der Waals surface area contributed by atoms with Gasteiger partial charge in [-0.25, -0.2) is 0 Å². The Balaban J connectivity index is 1.94. The number of ketones is 1. The molecule has 2 rings (SSSR count). The van der Waals surface area contributed by atoms with Crippen LogP contribution >= 0.6 is 11.3 Å². The normalized spacial score (nSPS) is 22.5. The first-order chi connectivity index (χ1) is 10.5. The molecule has 3 N–H and O–H groups in total. The Bertz CT molecular complexity index is 563. The van der Waals surface area contributed by atoms with Crippen LogP contribution in [-0.4, -0.2) is 46.8 Å². The zero-order valence-electron chi connectivity index (χ0n) is 12.1. The van der Waals surface area contributed by atoms with Crippen molar-refractivity contribution in [1.29, 1.82) is 0 Å². The number of hydrogen-bond acceptors (Lipinski definition) is 7. The van der Waals surface area contributed by atoms with Gasteiger partial charge in [0.15, 0.2) is 5.71 Å². The SMILES string of the molecule is CC(=O)C[C@@H]1CC[C@H](NC(=O)/C(=N\O)c2cccs2)B(O)O1. The largest absolute Gasteiger partial charge is 0.478 e. The first-order valence-electron chi connectivity index (χ1n) is 6.91. The van der Waals surface area contributed by atoms with Crippen LogP contribution in [-0.2, 0) is 14.2 Å². The van der Waals surface area contributed by atoms with E-state index in [9.17, 15) is 14.6 Å². The monoisotopic (exact) mass is 324 g/mol. The van der Waals surface area contributed by atoms with E-state index in [1.807, 2.05) is 0 Å². The van der Waals surface area contributed by atoms with Crippen molar-refractivity contribution < 1.29 is 24.5 Å². The summed E-state index contributed by atoms with van der Waals surface area (Å²) in [5.74, 6) is -1.19. The molecule has 1 aliphatic rings. The highest BCUT2D eigenvalue weighted by Gasteiger charge is 2.37. The van der Waals surface area contributed by atoms with Gasteiger partial charge in [-0.15, -0.1) is 11.3 Å². The van der Waals surface area contributed by atoms with Crippen LogP contribution in [0, 0.1) is 0 Å². The van der Waals surface area contributed by atoms with Crippen molar-refractivity contribution in [3.8, 4) is 0 Å². The van der Waals surface area contributed by atoms with Crippen LogP contribution in [0.25, 0.3) is 0 Å². The van der Waals surface area contributed by atoms with Crippen molar-refractivity contribution in [2.75, 3.05) is 0 Å². The Kier molecular flexibility index (Phi) is 5.70. The summed E-state index contributed by atoms with van der Waals surface area (Å²) in [5, 5.41) is 26.3. The highest BCUT2D eigenvalue weighted by Crippen LogP contribution is 2.19. The van der Waals surface area contributed by atoms with Crippen LogP contribution in [0.4, 0.5) is 0 Å². The topological polar surface area (TPSA) is 108 Å². The number of carbonyl (C=O) groups excluding carboxylic acids is 2. The molecule has 7 nitrogen and oxygen atoms in total. The van der Waals surface area contributed by atoms with Crippen LogP contribution in [0.15, 0.2) is 22.7 Å². The molecule has 1 amide bonds. The maximum absolute atomic E-state index is 12.1. The maximum atomic E-state index is 12.1. The second-order valence-electron chi connectivity index (χ2n) is 5.14. The van der Waals surface area contributed by atoms with E-state index in [-0.39, 0.29) is 24.0 Å². The van der Waals surface area contributed by atoms with Crippen molar-refractivity contribution in [3.63, 3.8) is 0 Å². The van der Waals surface area contributed by atoms with E-state index in [0.29, 0.717) is 17.7 Å². The van der Waals surface area contributed by atoms with Gasteiger partial charge in [-0.3, -0.25) is 9.59 Å². The Hall–Kier alpha value is -1.71. The standard InChI is InChI=1S/C13H17BN2O5S/c1-8(17)7-9-4-5-11(14(19)21-9)15-13(18)12(16-20)10-3-2-6-22-10/h2-3,6,9,11,19-20H,4-5,7H2,1H3,(H,15,18)/b16-12-/t9-,11-/m0/s1. The van der Waals surface area contributed by atoms with Crippen LogP contribution < -0.4 is 5.32 Å². The third kappa shape index (κ3) is 4.15. The van der Waals surface area contributed by atoms with Gasteiger partial charge in [-0.05, 0) is 31.2 Å². The second kappa shape index (κ2) is 7.53. The summed E-state index contributed by atoms with van der Waals surface area (Å²) in [6, 6.07) is 3.40. The fraction of sp³-hybridized carbons (Fsp3) is 0.462. The average Bonchev–Trinajstić information content (AvgIpc) is 2.96. The van der Waals surface area contributed by atoms with Gasteiger partial charge in [0.1, 0.15) is 5.78 Å². The van der Waals surface area contributed by atoms with Gasteiger partial charge >= 0.3 is 7.12 Å². The number of oxime groups is 1. The molecule has 0 aliphatic carbocycles. The first-order valence-corrected chi connectivity index (χ1v) is 7.79. The lowest BCUT2D eigenvalue weighted by molar-refractivity contribution is -0.119. The molecule has 1 fully saturated rings. The van der Waals surface area contributed by atoms with E-state index in [4.69, 9.17) is 9.86 Å². The summed E-state index contributed by atoms with van der Waals surface area (Å²) in [6.07, 6.45) is 0.958. The third-order valence-electron chi connectivity index (χ3n) is 3.38. The molecule has 0 spiro atoms. The van der Waals surface area contributed by atoms with Gasteiger partial charge < -0.3 is 20.2 Å². The second-order valence-corrected chi connectivity index (χ2v) is 6.09. The molecule has 22 heavy (non-hydrogen) atoms. The molecular formula is C13H17BN2O5S. The predicted octanol–water partition coefficient (Wildman–Crippen LogP) is 0.589. The summed E-state index contributed by atoms with van der Waals surface area (Å²) in [7, 11) is -1.19. The van der Waals surface area contributed by atoms with Crippen LogP contribution in [0.1, 0.15) is 31.1 Å². The molecule has 2 heterocycles. The Morgan fingerprint density at radius 1 is 1.55 bits per heavy atom. The van der Waals surface area contributed by atoms with E-state index < -0.39 is 19.0 Å². The van der Waals surface area contributed by atoms with Crippen LogP contribution in [0.2, 0.25) is 0 Å². The van der Waals surface area contributed by atoms with Gasteiger partial charge in [0.2, 0.25) is 0 Å². The van der Waals surface area contributed by atoms with Gasteiger partial charge in [0, 0.05) is 12.5 Å². The highest BCUT2D eigenvalue weighted by molar-refractivity contribution is 7.13. The number of nitrogens with one attached hydrogen (secondary N) is 1. The number of carbonyl (C=O) groups is 2. The zero-order valence-corrected chi connectivity index (χ0v) is 12.9. The lowest BCUT2D eigenvalue weighted by Crippen LogP contribution is -2.54. The van der Waals surface area contributed by atoms with Crippen molar-refractivity contribution in [1.82, 2.24) is 5.32 Å². The molecule has 0 saturated carbocycles. The summed E-state index contributed by atoms with van der Waals surface area (Å²) in [4.78, 5) is 23.7. The zero-order chi connectivity index (χ0) is 16.1. The Morgan fingerprint density at radius 2 is 2.32 bits per heavy atom. The number of Topliss-reactive ketones (excluding diaryl/α,β-unsaturated/α-hetero) is 1. The number of thiophene rings is 1. The fourth-order valence-corrected chi connectivity index (χ4v) is 3.05. The Morgan fingerprint density at radius 3 is 2.86 bits per heavy atom. The van der Waals surface area contributed by atoms with E-state index in [1.54, 1.807) is 17.5 Å². The van der Waals surface area contributed by atoms with Gasteiger partial charge in [0.25, 0.3) is 5.91 Å². The Labute approximate surface area is 132 Å². The van der Waals surface area contributed by atoms with E-state index in [2.05, 4.69) is 10.5 Å². The molecule has 1 aromatic rings. The third-order valence-corrected chi connectivity index (χ3v) is 4.25. The number of hydrogen-bond donors (Lipinski definition) is 3. The van der Waals surface area contributed by atoms with Crippen molar-refractivity contribution >= 4 is 35.9 Å². The summed E-state index contributed by atoms with van der Waals surface area (Å²) in [6.45, 7) is 1.47. The van der Waals surface area contributed by atoms with Gasteiger partial charge in [-0.2, -0.15) is 0 Å². The minimum Gasteiger partial charge on any atom is -0.426 e. The fourth-order valence-electron chi connectivity index (χ4n) is 2.34. The van der Waals surface area contributed by atoms with Crippen LogP contribution in [0.3, 0.4) is 0 Å². The summed E-state index contributed by atoms with van der Waals surface area (Å²) in [5.41, 5.74) is -0.104. The predicted molar refractivity (Wildman–Crippen MR) is 82.0 cm³/mol. The van der Waals surface area contributed by atoms with E-state index in [1.165, 1.54) is 18.3 Å². The smallest absolute Gasteiger partial charge is 0.426 e. The molecule has 1 aromatic heterocycles. The van der Waals surface area contributed by atoms with Crippen molar-refractivity contribution in [3.05, 3.63) is 22.4 Å². The minimum absolute atomic E-state index is 0.00733. The van der Waals surface area contributed by atoms with E-state index in [0.717, 1.165) is 0 Å². The number of amides is 1. The summed E-state index contributed by atoms with van der Waals surface area (Å²) < 4.78 is 5.33. The minimum atomic E-state index is -1.19. The van der Waals surface area contributed by atoms with Crippen LogP contribution in [0.5, 0.6) is 0 Å². The van der Waals surface area contributed by atoms with Gasteiger partial charge in [0.05, 0.1) is 10.8 Å². The average molecular weight is 324 g/mol.